The van der Waals surface area contributed by atoms with E-state index in [9.17, 15) is 9.18 Å². The van der Waals surface area contributed by atoms with E-state index >= 15 is 0 Å². The summed E-state index contributed by atoms with van der Waals surface area (Å²) in [7, 11) is 0. The summed E-state index contributed by atoms with van der Waals surface area (Å²) in [6.45, 7) is 3.88. The van der Waals surface area contributed by atoms with Crippen molar-refractivity contribution in [3.63, 3.8) is 0 Å². The van der Waals surface area contributed by atoms with Gasteiger partial charge >= 0.3 is 5.97 Å². The fraction of sp³-hybridized carbons (Fsp3) is 0.308. The molecule has 2 nitrogen and oxygen atoms in total. The first-order valence-electron chi connectivity index (χ1n) is 5.04. The molecule has 0 heterocycles. The van der Waals surface area contributed by atoms with Gasteiger partial charge in [-0.3, -0.25) is 4.79 Å². The van der Waals surface area contributed by atoms with Gasteiger partial charge in [0.05, 0.1) is 6.61 Å². The number of esters is 1. The van der Waals surface area contributed by atoms with Crippen LogP contribution < -0.4 is 0 Å². The normalized spacial score (nSPS) is 9.19. The van der Waals surface area contributed by atoms with Gasteiger partial charge < -0.3 is 4.74 Å². The zero-order valence-electron chi connectivity index (χ0n) is 9.34. The minimum atomic E-state index is -0.338. The number of carbonyl (C=O) groups excluding carboxylic acids is 1. The first-order valence-corrected chi connectivity index (χ1v) is 5.04. The molecule has 16 heavy (non-hydrogen) atoms. The Hall–Kier alpha value is -1.82. The highest BCUT2D eigenvalue weighted by Gasteiger charge is 1.98. The van der Waals surface area contributed by atoms with E-state index in [0.717, 1.165) is 11.1 Å². The highest BCUT2D eigenvalue weighted by molar-refractivity contribution is 5.72. The van der Waals surface area contributed by atoms with Crippen LogP contribution in [0.4, 0.5) is 4.39 Å². The van der Waals surface area contributed by atoms with Gasteiger partial charge in [0.2, 0.25) is 0 Å². The van der Waals surface area contributed by atoms with E-state index in [1.165, 1.54) is 12.1 Å². The van der Waals surface area contributed by atoms with Crippen LogP contribution in [0.1, 0.15) is 24.5 Å². The molecule has 1 aromatic rings. The van der Waals surface area contributed by atoms with Gasteiger partial charge in [-0.05, 0) is 37.6 Å². The zero-order valence-corrected chi connectivity index (χ0v) is 9.34. The SMILES string of the molecule is CCOC(=O)CC#Cc1ccc(F)cc1C. The lowest BCUT2D eigenvalue weighted by molar-refractivity contribution is -0.141. The van der Waals surface area contributed by atoms with Gasteiger partial charge in [-0.2, -0.15) is 0 Å². The van der Waals surface area contributed by atoms with Crippen LogP contribution >= 0.6 is 0 Å². The molecule has 0 atom stereocenters. The van der Waals surface area contributed by atoms with Gasteiger partial charge in [0.25, 0.3) is 0 Å². The van der Waals surface area contributed by atoms with Gasteiger partial charge in [0, 0.05) is 5.56 Å². The Balaban J connectivity index is 2.66. The third-order valence-corrected chi connectivity index (χ3v) is 1.95. The van der Waals surface area contributed by atoms with Crippen LogP contribution in [0.3, 0.4) is 0 Å². The lowest BCUT2D eigenvalue weighted by Gasteiger charge is -1.97. The van der Waals surface area contributed by atoms with E-state index in [0.29, 0.717) is 6.61 Å². The van der Waals surface area contributed by atoms with Crippen molar-refractivity contribution in [2.45, 2.75) is 20.3 Å². The van der Waals surface area contributed by atoms with Crippen LogP contribution in [0.15, 0.2) is 18.2 Å². The largest absolute Gasteiger partial charge is 0.465 e. The number of benzene rings is 1. The number of rotatable bonds is 2. The number of hydrogen-bond acceptors (Lipinski definition) is 2. The Morgan fingerprint density at radius 2 is 2.25 bits per heavy atom. The van der Waals surface area contributed by atoms with Gasteiger partial charge in [0.15, 0.2) is 0 Å². The molecule has 0 fully saturated rings. The van der Waals surface area contributed by atoms with Gasteiger partial charge in [-0.1, -0.05) is 11.8 Å². The van der Waals surface area contributed by atoms with Crippen molar-refractivity contribution in [3.8, 4) is 11.8 Å². The summed E-state index contributed by atoms with van der Waals surface area (Å²) in [4.78, 5) is 11.0. The highest BCUT2D eigenvalue weighted by atomic mass is 19.1. The molecular formula is C13H13FO2. The van der Waals surface area contributed by atoms with Crippen LogP contribution in [-0.4, -0.2) is 12.6 Å². The average molecular weight is 220 g/mol. The number of ether oxygens (including phenoxy) is 1. The Labute approximate surface area is 94.4 Å². The average Bonchev–Trinajstić information content (AvgIpc) is 2.22. The first-order chi connectivity index (χ1) is 7.63. The molecule has 0 aliphatic rings. The van der Waals surface area contributed by atoms with E-state index < -0.39 is 0 Å². The third kappa shape index (κ3) is 3.74. The second kappa shape index (κ2) is 5.92. The van der Waals surface area contributed by atoms with E-state index in [-0.39, 0.29) is 18.2 Å². The van der Waals surface area contributed by atoms with Crippen LogP contribution in [0.2, 0.25) is 0 Å². The molecule has 0 unspecified atom stereocenters. The fourth-order valence-electron chi connectivity index (χ4n) is 1.19. The summed E-state index contributed by atoms with van der Waals surface area (Å²) in [5.74, 6) is 4.89. The molecular weight excluding hydrogens is 207 g/mol. The van der Waals surface area contributed by atoms with E-state index in [4.69, 9.17) is 4.74 Å². The smallest absolute Gasteiger partial charge is 0.317 e. The summed E-state index contributed by atoms with van der Waals surface area (Å²) in [6, 6.07) is 4.36. The number of hydrogen-bond donors (Lipinski definition) is 0. The Bertz CT molecular complexity index is 441. The zero-order chi connectivity index (χ0) is 12.0. The van der Waals surface area contributed by atoms with Crippen LogP contribution in [0.5, 0.6) is 0 Å². The van der Waals surface area contributed by atoms with E-state index in [2.05, 4.69) is 11.8 Å². The molecule has 0 saturated heterocycles. The molecule has 0 spiro atoms. The third-order valence-electron chi connectivity index (χ3n) is 1.95. The molecule has 1 rings (SSSR count). The molecule has 1 aromatic carbocycles. The second-order valence-electron chi connectivity index (χ2n) is 3.24. The molecule has 0 bridgehead atoms. The van der Waals surface area contributed by atoms with Crippen LogP contribution in [-0.2, 0) is 9.53 Å². The van der Waals surface area contributed by atoms with E-state index in [1.54, 1.807) is 19.9 Å². The molecule has 0 aromatic heterocycles. The van der Waals surface area contributed by atoms with Gasteiger partial charge in [-0.25, -0.2) is 4.39 Å². The maximum atomic E-state index is 12.8. The summed E-state index contributed by atoms with van der Waals surface area (Å²) in [6.07, 6.45) is 0.0602. The van der Waals surface area contributed by atoms with Crippen molar-refractivity contribution < 1.29 is 13.9 Å². The minimum absolute atomic E-state index is 0.0602. The van der Waals surface area contributed by atoms with Crippen molar-refractivity contribution in [1.82, 2.24) is 0 Å². The number of aryl methyl sites for hydroxylation is 1. The van der Waals surface area contributed by atoms with Crippen molar-refractivity contribution in [2.75, 3.05) is 6.61 Å². The summed E-state index contributed by atoms with van der Waals surface area (Å²) >= 11 is 0. The number of halogens is 1. The molecule has 84 valence electrons. The minimum Gasteiger partial charge on any atom is -0.465 e. The summed E-state index contributed by atoms with van der Waals surface area (Å²) in [5.41, 5.74) is 1.49. The predicted octanol–water partition coefficient (Wildman–Crippen LogP) is 2.44. The van der Waals surface area contributed by atoms with Gasteiger partial charge in [0.1, 0.15) is 12.2 Å². The van der Waals surface area contributed by atoms with Gasteiger partial charge in [-0.15, -0.1) is 0 Å². The quantitative estimate of drug-likeness (QED) is 0.565. The molecule has 0 N–H and O–H groups in total. The lowest BCUT2D eigenvalue weighted by Crippen LogP contribution is -2.01. The maximum Gasteiger partial charge on any atom is 0.317 e. The van der Waals surface area contributed by atoms with Crippen LogP contribution in [0.25, 0.3) is 0 Å². The molecule has 0 aliphatic heterocycles. The van der Waals surface area contributed by atoms with Crippen LogP contribution in [0, 0.1) is 24.6 Å². The Kier molecular flexibility index (Phi) is 4.53. The highest BCUT2D eigenvalue weighted by Crippen LogP contribution is 2.08. The molecule has 0 radical (unpaired) electrons. The Morgan fingerprint density at radius 1 is 1.50 bits per heavy atom. The monoisotopic (exact) mass is 220 g/mol. The van der Waals surface area contributed by atoms with Crippen molar-refractivity contribution in [1.29, 1.82) is 0 Å². The van der Waals surface area contributed by atoms with Crippen molar-refractivity contribution in [2.24, 2.45) is 0 Å². The second-order valence-corrected chi connectivity index (χ2v) is 3.24. The van der Waals surface area contributed by atoms with Crippen molar-refractivity contribution in [3.05, 3.63) is 35.1 Å². The summed E-state index contributed by atoms with van der Waals surface area (Å²) in [5, 5.41) is 0. The molecule has 3 heteroatoms. The topological polar surface area (TPSA) is 26.3 Å². The standard InChI is InChI=1S/C13H13FO2/c1-3-16-13(15)6-4-5-11-7-8-12(14)9-10(11)2/h7-9H,3,6H2,1-2H3. The Morgan fingerprint density at radius 3 is 2.88 bits per heavy atom. The predicted molar refractivity (Wildman–Crippen MR) is 59.3 cm³/mol. The summed E-state index contributed by atoms with van der Waals surface area (Å²) < 4.78 is 17.5. The molecule has 0 saturated carbocycles. The fourth-order valence-corrected chi connectivity index (χ4v) is 1.19. The van der Waals surface area contributed by atoms with Crippen molar-refractivity contribution >= 4 is 5.97 Å². The molecule has 0 aliphatic carbocycles. The first kappa shape index (κ1) is 12.3. The lowest BCUT2D eigenvalue weighted by atomic mass is 10.1. The maximum absolute atomic E-state index is 12.8. The molecule has 0 amide bonds. The van der Waals surface area contributed by atoms with E-state index in [1.807, 2.05) is 0 Å². The number of carbonyl (C=O) groups is 1.